The molecule has 1 saturated heterocycles. The lowest BCUT2D eigenvalue weighted by Gasteiger charge is -2.13. The van der Waals surface area contributed by atoms with Crippen LogP contribution in [-0.2, 0) is 16.0 Å². The van der Waals surface area contributed by atoms with Gasteiger partial charge < -0.3 is 9.47 Å². The van der Waals surface area contributed by atoms with Crippen molar-refractivity contribution in [1.29, 1.82) is 0 Å². The van der Waals surface area contributed by atoms with Gasteiger partial charge in [0.2, 0.25) is 0 Å². The minimum absolute atomic E-state index is 0.0177. The molecule has 0 amide bonds. The number of aryl methyl sites for hydroxylation is 1. The molecule has 0 spiro atoms. The molecule has 1 unspecified atom stereocenters. The van der Waals surface area contributed by atoms with Gasteiger partial charge in [0.05, 0.1) is 7.11 Å². The predicted octanol–water partition coefficient (Wildman–Crippen LogP) is 2.25. The van der Waals surface area contributed by atoms with Crippen LogP contribution < -0.4 is 4.74 Å². The molecule has 1 aliphatic heterocycles. The third kappa shape index (κ3) is 2.35. The number of benzene rings is 1. The van der Waals surface area contributed by atoms with E-state index in [1.54, 1.807) is 7.11 Å². The standard InChI is InChI=1S/C13H16O3/c1-9-3-4-10(12(7-9)15-2)8-11-5-6-13(14)16-11/h3-4,7,11H,5-6,8H2,1-2H3. The van der Waals surface area contributed by atoms with Crippen LogP contribution in [0.15, 0.2) is 18.2 Å². The lowest BCUT2D eigenvalue weighted by atomic mass is 10.0. The van der Waals surface area contributed by atoms with E-state index in [-0.39, 0.29) is 12.1 Å². The van der Waals surface area contributed by atoms with Crippen molar-refractivity contribution in [2.75, 3.05) is 7.11 Å². The van der Waals surface area contributed by atoms with Gasteiger partial charge in [-0.1, -0.05) is 12.1 Å². The van der Waals surface area contributed by atoms with E-state index < -0.39 is 0 Å². The predicted molar refractivity (Wildman–Crippen MR) is 60.5 cm³/mol. The first-order chi connectivity index (χ1) is 7.69. The van der Waals surface area contributed by atoms with Crippen LogP contribution >= 0.6 is 0 Å². The van der Waals surface area contributed by atoms with Crippen LogP contribution in [0.2, 0.25) is 0 Å². The van der Waals surface area contributed by atoms with E-state index in [0.717, 1.165) is 24.2 Å². The monoisotopic (exact) mass is 220 g/mol. The van der Waals surface area contributed by atoms with Crippen LogP contribution in [0.4, 0.5) is 0 Å². The van der Waals surface area contributed by atoms with E-state index in [2.05, 4.69) is 6.07 Å². The van der Waals surface area contributed by atoms with Crippen LogP contribution in [0.1, 0.15) is 24.0 Å². The van der Waals surface area contributed by atoms with Crippen molar-refractivity contribution in [2.24, 2.45) is 0 Å². The molecule has 2 rings (SSSR count). The number of ether oxygens (including phenoxy) is 2. The fraction of sp³-hybridized carbons (Fsp3) is 0.462. The zero-order chi connectivity index (χ0) is 11.5. The highest BCUT2D eigenvalue weighted by Crippen LogP contribution is 2.25. The third-order valence-corrected chi connectivity index (χ3v) is 2.86. The zero-order valence-electron chi connectivity index (χ0n) is 9.66. The summed E-state index contributed by atoms with van der Waals surface area (Å²) in [6, 6.07) is 6.10. The van der Waals surface area contributed by atoms with Gasteiger partial charge in [0.1, 0.15) is 11.9 Å². The van der Waals surface area contributed by atoms with Gasteiger partial charge in [-0.2, -0.15) is 0 Å². The normalized spacial score (nSPS) is 19.6. The van der Waals surface area contributed by atoms with Gasteiger partial charge in [-0.15, -0.1) is 0 Å². The first-order valence-electron chi connectivity index (χ1n) is 5.52. The Bertz CT molecular complexity index is 398. The molecule has 1 aromatic rings. The van der Waals surface area contributed by atoms with E-state index in [0.29, 0.717) is 6.42 Å². The zero-order valence-corrected chi connectivity index (χ0v) is 9.66. The lowest BCUT2D eigenvalue weighted by molar-refractivity contribution is -0.141. The van der Waals surface area contributed by atoms with Crippen LogP contribution in [0.3, 0.4) is 0 Å². The van der Waals surface area contributed by atoms with Crippen molar-refractivity contribution in [3.8, 4) is 5.75 Å². The van der Waals surface area contributed by atoms with Crippen LogP contribution in [0.5, 0.6) is 5.75 Å². The molecule has 0 aromatic heterocycles. The number of hydrogen-bond acceptors (Lipinski definition) is 3. The Balaban J connectivity index is 2.11. The van der Waals surface area contributed by atoms with Crippen molar-refractivity contribution < 1.29 is 14.3 Å². The Kier molecular flexibility index (Phi) is 3.13. The van der Waals surface area contributed by atoms with E-state index in [1.807, 2.05) is 19.1 Å². The van der Waals surface area contributed by atoms with Crippen LogP contribution in [-0.4, -0.2) is 19.2 Å². The highest BCUT2D eigenvalue weighted by molar-refractivity contribution is 5.71. The van der Waals surface area contributed by atoms with Crippen molar-refractivity contribution in [1.82, 2.24) is 0 Å². The molecule has 3 heteroatoms. The Morgan fingerprint density at radius 2 is 2.31 bits per heavy atom. The Morgan fingerprint density at radius 1 is 1.50 bits per heavy atom. The van der Waals surface area contributed by atoms with Crippen molar-refractivity contribution >= 4 is 5.97 Å². The van der Waals surface area contributed by atoms with Crippen LogP contribution in [0.25, 0.3) is 0 Å². The topological polar surface area (TPSA) is 35.5 Å². The largest absolute Gasteiger partial charge is 0.496 e. The van der Waals surface area contributed by atoms with Gasteiger partial charge in [-0.3, -0.25) is 4.79 Å². The number of carbonyl (C=O) groups excluding carboxylic acids is 1. The molecule has 1 fully saturated rings. The molecule has 0 radical (unpaired) electrons. The van der Waals surface area contributed by atoms with Crippen molar-refractivity contribution in [3.05, 3.63) is 29.3 Å². The minimum atomic E-state index is -0.0870. The summed E-state index contributed by atoms with van der Waals surface area (Å²) in [5.41, 5.74) is 2.27. The molecule has 0 saturated carbocycles. The molecule has 16 heavy (non-hydrogen) atoms. The van der Waals surface area contributed by atoms with Gasteiger partial charge in [0.25, 0.3) is 0 Å². The summed E-state index contributed by atoms with van der Waals surface area (Å²) >= 11 is 0. The molecule has 0 bridgehead atoms. The van der Waals surface area contributed by atoms with E-state index in [1.165, 1.54) is 5.56 Å². The molecule has 86 valence electrons. The van der Waals surface area contributed by atoms with Gasteiger partial charge in [-0.05, 0) is 30.5 Å². The summed E-state index contributed by atoms with van der Waals surface area (Å²) in [6.45, 7) is 2.03. The molecule has 0 N–H and O–H groups in total. The average Bonchev–Trinajstić information content (AvgIpc) is 2.67. The van der Waals surface area contributed by atoms with Crippen LogP contribution in [0, 0.1) is 6.92 Å². The molecule has 1 atom stereocenters. The SMILES string of the molecule is COc1cc(C)ccc1CC1CCC(=O)O1. The molecule has 1 aliphatic rings. The quantitative estimate of drug-likeness (QED) is 0.733. The van der Waals surface area contributed by atoms with Gasteiger partial charge in [0.15, 0.2) is 0 Å². The van der Waals surface area contributed by atoms with Gasteiger partial charge in [-0.25, -0.2) is 0 Å². The number of rotatable bonds is 3. The minimum Gasteiger partial charge on any atom is -0.496 e. The third-order valence-electron chi connectivity index (χ3n) is 2.86. The number of cyclic esters (lactones) is 1. The molecule has 1 aromatic carbocycles. The smallest absolute Gasteiger partial charge is 0.306 e. The lowest BCUT2D eigenvalue weighted by Crippen LogP contribution is -2.11. The van der Waals surface area contributed by atoms with Crippen molar-refractivity contribution in [3.63, 3.8) is 0 Å². The molecular formula is C13H16O3. The first-order valence-corrected chi connectivity index (χ1v) is 5.52. The average molecular weight is 220 g/mol. The summed E-state index contributed by atoms with van der Waals surface area (Å²) in [5, 5.41) is 0. The fourth-order valence-electron chi connectivity index (χ4n) is 1.99. The Morgan fingerprint density at radius 3 is 2.94 bits per heavy atom. The molecular weight excluding hydrogens is 204 g/mol. The second-order valence-corrected chi connectivity index (χ2v) is 4.17. The summed E-state index contributed by atoms with van der Waals surface area (Å²) in [5.74, 6) is 0.791. The maximum absolute atomic E-state index is 11.0. The maximum Gasteiger partial charge on any atom is 0.306 e. The number of methoxy groups -OCH3 is 1. The highest BCUT2D eigenvalue weighted by atomic mass is 16.5. The number of esters is 1. The summed E-state index contributed by atoms with van der Waals surface area (Å²) in [4.78, 5) is 11.0. The second kappa shape index (κ2) is 4.56. The highest BCUT2D eigenvalue weighted by Gasteiger charge is 2.24. The Hall–Kier alpha value is -1.51. The second-order valence-electron chi connectivity index (χ2n) is 4.17. The molecule has 0 aliphatic carbocycles. The number of carbonyl (C=O) groups is 1. The van der Waals surface area contributed by atoms with E-state index in [4.69, 9.17) is 9.47 Å². The fourth-order valence-corrected chi connectivity index (χ4v) is 1.99. The van der Waals surface area contributed by atoms with Gasteiger partial charge >= 0.3 is 5.97 Å². The van der Waals surface area contributed by atoms with E-state index in [9.17, 15) is 4.79 Å². The maximum atomic E-state index is 11.0. The van der Waals surface area contributed by atoms with E-state index >= 15 is 0 Å². The molecule has 3 nitrogen and oxygen atoms in total. The molecule has 1 heterocycles. The van der Waals surface area contributed by atoms with Crippen molar-refractivity contribution in [2.45, 2.75) is 32.3 Å². The number of hydrogen-bond donors (Lipinski definition) is 0. The Labute approximate surface area is 95.4 Å². The summed E-state index contributed by atoms with van der Waals surface area (Å²) in [6.07, 6.45) is 2.12. The first kappa shape index (κ1) is 11.0. The summed E-state index contributed by atoms with van der Waals surface area (Å²) in [7, 11) is 1.67. The summed E-state index contributed by atoms with van der Waals surface area (Å²) < 4.78 is 10.5. The van der Waals surface area contributed by atoms with Gasteiger partial charge in [0, 0.05) is 12.8 Å².